The number of carbonyl (C=O) groups excluding carboxylic acids is 1. The Morgan fingerprint density at radius 2 is 2.19 bits per heavy atom. The molecule has 8 heteroatoms. The van der Waals surface area contributed by atoms with Crippen molar-refractivity contribution in [2.45, 2.75) is 32.7 Å². The molecule has 21 heavy (non-hydrogen) atoms. The second kappa shape index (κ2) is 7.33. The molecule has 0 aliphatic heterocycles. The molecule has 2 rings (SSSR count). The Balaban J connectivity index is 1.89. The average Bonchev–Trinajstić information content (AvgIpc) is 2.77. The van der Waals surface area contributed by atoms with Crippen LogP contribution in [-0.2, 0) is 11.2 Å². The van der Waals surface area contributed by atoms with Gasteiger partial charge in [-0.15, -0.1) is 11.3 Å². The predicted molar refractivity (Wildman–Crippen MR) is 85.0 cm³/mol. The first kappa shape index (κ1) is 15.7. The van der Waals surface area contributed by atoms with Gasteiger partial charge in [0, 0.05) is 10.9 Å². The fraction of sp³-hybridized carbons (Fsp3) is 0.385. The number of anilines is 2. The molecule has 1 amide bonds. The third-order valence-electron chi connectivity index (χ3n) is 2.91. The number of nitrogens with one attached hydrogen (secondary N) is 2. The van der Waals surface area contributed by atoms with Crippen LogP contribution in [0.5, 0.6) is 0 Å². The normalized spacial score (nSPS) is 12.0. The molecule has 0 spiro atoms. The minimum atomic E-state index is 0.176. The first-order chi connectivity index (χ1) is 10.1. The quantitative estimate of drug-likeness (QED) is 0.765. The van der Waals surface area contributed by atoms with Crippen LogP contribution in [0.2, 0.25) is 5.02 Å². The Hall–Kier alpha value is -1.73. The number of amides is 1. The van der Waals surface area contributed by atoms with Crippen molar-refractivity contribution < 1.29 is 4.79 Å². The molecular weight excluding hydrogens is 310 g/mol. The zero-order valence-electron chi connectivity index (χ0n) is 11.8. The lowest BCUT2D eigenvalue weighted by atomic mass is 10.1. The van der Waals surface area contributed by atoms with Gasteiger partial charge in [-0.1, -0.05) is 11.6 Å². The van der Waals surface area contributed by atoms with Crippen molar-refractivity contribution in [1.82, 2.24) is 15.0 Å². The molecule has 0 bridgehead atoms. The summed E-state index contributed by atoms with van der Waals surface area (Å²) >= 11 is 7.91. The SMILES string of the molecule is Cc1csc(CCC(C)Nc2ncnc(NC=O)n2)c1Cl. The standard InChI is InChI=1S/C13H16ClN5OS/c1-8-5-21-10(11(8)14)4-3-9(2)18-13-16-6-15-12(19-13)17-7-20/h5-7,9H,3-4H2,1-2H3,(H2,15,16,17,18,19,20). The molecule has 0 aliphatic rings. The summed E-state index contributed by atoms with van der Waals surface area (Å²) < 4.78 is 0. The van der Waals surface area contributed by atoms with Gasteiger partial charge in [-0.2, -0.15) is 4.98 Å². The highest BCUT2D eigenvalue weighted by molar-refractivity contribution is 7.10. The molecule has 2 aromatic rings. The highest BCUT2D eigenvalue weighted by atomic mass is 35.5. The zero-order chi connectivity index (χ0) is 15.2. The van der Waals surface area contributed by atoms with Crippen molar-refractivity contribution >= 4 is 41.2 Å². The van der Waals surface area contributed by atoms with Crippen LogP contribution >= 0.6 is 22.9 Å². The van der Waals surface area contributed by atoms with Crippen LogP contribution in [0.1, 0.15) is 23.8 Å². The van der Waals surface area contributed by atoms with E-state index in [1.54, 1.807) is 11.3 Å². The van der Waals surface area contributed by atoms with Crippen LogP contribution in [-0.4, -0.2) is 27.4 Å². The Morgan fingerprint density at radius 1 is 1.43 bits per heavy atom. The molecule has 1 unspecified atom stereocenters. The smallest absolute Gasteiger partial charge is 0.233 e. The number of hydrogen-bond acceptors (Lipinski definition) is 6. The van der Waals surface area contributed by atoms with Crippen molar-refractivity contribution in [1.29, 1.82) is 0 Å². The van der Waals surface area contributed by atoms with Crippen molar-refractivity contribution in [2.24, 2.45) is 0 Å². The van der Waals surface area contributed by atoms with E-state index in [0.29, 0.717) is 12.4 Å². The van der Waals surface area contributed by atoms with E-state index < -0.39 is 0 Å². The number of aromatic nitrogens is 3. The Labute approximate surface area is 132 Å². The molecule has 0 saturated heterocycles. The van der Waals surface area contributed by atoms with Gasteiger partial charge in [0.25, 0.3) is 0 Å². The number of halogens is 1. The monoisotopic (exact) mass is 325 g/mol. The van der Waals surface area contributed by atoms with Gasteiger partial charge in [0.1, 0.15) is 6.33 Å². The lowest BCUT2D eigenvalue weighted by Crippen LogP contribution is -2.18. The molecule has 6 nitrogen and oxygen atoms in total. The van der Waals surface area contributed by atoms with Crippen molar-refractivity contribution in [3.8, 4) is 0 Å². The van der Waals surface area contributed by atoms with E-state index in [4.69, 9.17) is 11.6 Å². The topological polar surface area (TPSA) is 79.8 Å². The van der Waals surface area contributed by atoms with Gasteiger partial charge in [0.05, 0.1) is 5.02 Å². The van der Waals surface area contributed by atoms with Gasteiger partial charge >= 0.3 is 0 Å². The van der Waals surface area contributed by atoms with Crippen LogP contribution in [0.3, 0.4) is 0 Å². The number of hydrogen-bond donors (Lipinski definition) is 2. The third kappa shape index (κ3) is 4.37. The summed E-state index contributed by atoms with van der Waals surface area (Å²) in [6.45, 7) is 4.06. The van der Waals surface area contributed by atoms with Crippen LogP contribution in [0, 0.1) is 6.92 Å². The predicted octanol–water partition coefficient (Wildman–Crippen LogP) is 2.90. The Morgan fingerprint density at radius 3 is 2.86 bits per heavy atom. The molecule has 112 valence electrons. The fourth-order valence-corrected chi connectivity index (χ4v) is 3.06. The molecule has 1 atom stereocenters. The molecule has 0 fully saturated rings. The third-order valence-corrected chi connectivity index (χ3v) is 4.71. The first-order valence-electron chi connectivity index (χ1n) is 6.48. The maximum absolute atomic E-state index is 10.4. The summed E-state index contributed by atoms with van der Waals surface area (Å²) in [5.41, 5.74) is 1.12. The molecular formula is C13H16ClN5OS. The highest BCUT2D eigenvalue weighted by Gasteiger charge is 2.10. The highest BCUT2D eigenvalue weighted by Crippen LogP contribution is 2.28. The Bertz CT molecular complexity index is 618. The molecule has 2 N–H and O–H groups in total. The summed E-state index contributed by atoms with van der Waals surface area (Å²) in [7, 11) is 0. The second-order valence-corrected chi connectivity index (χ2v) is 5.98. The molecule has 0 radical (unpaired) electrons. The van der Waals surface area contributed by atoms with E-state index >= 15 is 0 Å². The molecule has 0 saturated carbocycles. The molecule has 2 aromatic heterocycles. The van der Waals surface area contributed by atoms with Crippen molar-refractivity contribution in [2.75, 3.05) is 10.6 Å². The number of carbonyl (C=O) groups is 1. The lowest BCUT2D eigenvalue weighted by Gasteiger charge is -2.13. The van der Waals surface area contributed by atoms with Crippen molar-refractivity contribution in [3.63, 3.8) is 0 Å². The summed E-state index contributed by atoms with van der Waals surface area (Å²) in [6, 6.07) is 0.176. The van der Waals surface area contributed by atoms with Gasteiger partial charge in [0.2, 0.25) is 18.3 Å². The average molecular weight is 326 g/mol. The van der Waals surface area contributed by atoms with E-state index in [2.05, 4.69) is 31.0 Å². The van der Waals surface area contributed by atoms with Gasteiger partial charge in [-0.05, 0) is 37.6 Å². The fourth-order valence-electron chi connectivity index (χ4n) is 1.78. The molecule has 0 aromatic carbocycles. The van der Waals surface area contributed by atoms with Gasteiger partial charge in [-0.25, -0.2) is 9.97 Å². The molecule has 2 heterocycles. The van der Waals surface area contributed by atoms with Crippen LogP contribution in [0.25, 0.3) is 0 Å². The van der Waals surface area contributed by atoms with Gasteiger partial charge < -0.3 is 5.32 Å². The number of nitrogens with zero attached hydrogens (tertiary/aromatic N) is 3. The maximum Gasteiger partial charge on any atom is 0.233 e. The van der Waals surface area contributed by atoms with Crippen LogP contribution < -0.4 is 10.6 Å². The van der Waals surface area contributed by atoms with E-state index in [9.17, 15) is 4.79 Å². The van der Waals surface area contributed by atoms with Crippen LogP contribution in [0.4, 0.5) is 11.9 Å². The summed E-state index contributed by atoms with van der Waals surface area (Å²) in [5.74, 6) is 0.668. The van der Waals surface area contributed by atoms with E-state index in [-0.39, 0.29) is 12.0 Å². The summed E-state index contributed by atoms with van der Waals surface area (Å²) in [4.78, 5) is 23.5. The second-order valence-electron chi connectivity index (χ2n) is 4.63. The number of rotatable bonds is 7. The Kier molecular flexibility index (Phi) is 5.46. The summed E-state index contributed by atoms with van der Waals surface area (Å²) in [5, 5.41) is 8.51. The lowest BCUT2D eigenvalue weighted by molar-refractivity contribution is -0.105. The molecule has 0 aliphatic carbocycles. The number of aryl methyl sites for hydroxylation is 2. The first-order valence-corrected chi connectivity index (χ1v) is 7.74. The van der Waals surface area contributed by atoms with Gasteiger partial charge in [-0.3, -0.25) is 10.1 Å². The minimum absolute atomic E-state index is 0.176. The zero-order valence-corrected chi connectivity index (χ0v) is 13.3. The van der Waals surface area contributed by atoms with Gasteiger partial charge in [0.15, 0.2) is 0 Å². The number of thiophene rings is 1. The van der Waals surface area contributed by atoms with E-state index in [1.165, 1.54) is 11.2 Å². The van der Waals surface area contributed by atoms with Crippen LogP contribution in [0.15, 0.2) is 11.7 Å². The van der Waals surface area contributed by atoms with E-state index in [0.717, 1.165) is 23.4 Å². The maximum atomic E-state index is 10.4. The summed E-state index contributed by atoms with van der Waals surface area (Å²) in [6.07, 6.45) is 3.69. The minimum Gasteiger partial charge on any atom is -0.352 e. The van der Waals surface area contributed by atoms with Crippen molar-refractivity contribution in [3.05, 3.63) is 27.2 Å². The largest absolute Gasteiger partial charge is 0.352 e. The van der Waals surface area contributed by atoms with E-state index in [1.807, 2.05) is 13.8 Å².